The van der Waals surface area contributed by atoms with Gasteiger partial charge in [-0.15, -0.1) is 0 Å². The van der Waals surface area contributed by atoms with E-state index in [1.807, 2.05) is 6.92 Å². The van der Waals surface area contributed by atoms with Crippen LogP contribution in [0.1, 0.15) is 12.5 Å². The Morgan fingerprint density at radius 1 is 1.13 bits per heavy atom. The second-order valence-electron chi connectivity index (χ2n) is 4.88. The molecule has 120 valence electrons. The van der Waals surface area contributed by atoms with Crippen LogP contribution in [0.2, 0.25) is 5.02 Å². The minimum Gasteiger partial charge on any atom is -0.482 e. The summed E-state index contributed by atoms with van der Waals surface area (Å²) in [7, 11) is 0. The van der Waals surface area contributed by atoms with Gasteiger partial charge < -0.3 is 14.8 Å². The highest BCUT2D eigenvalue weighted by Gasteiger charge is 2.08. The van der Waals surface area contributed by atoms with Crippen molar-refractivity contribution in [1.82, 2.24) is 0 Å². The molecule has 0 spiro atoms. The maximum Gasteiger partial charge on any atom is 0.349 e. The highest BCUT2D eigenvalue weighted by molar-refractivity contribution is 6.30. The van der Waals surface area contributed by atoms with Crippen LogP contribution in [0.5, 0.6) is 11.5 Å². The second kappa shape index (κ2) is 7.65. The number of hydrogen-bond donors (Lipinski definition) is 1. The van der Waals surface area contributed by atoms with Gasteiger partial charge in [-0.3, -0.25) is 4.79 Å². The molecule has 0 bridgehead atoms. The lowest BCUT2D eigenvalue weighted by Crippen LogP contribution is -2.18. The summed E-state index contributed by atoms with van der Waals surface area (Å²) in [5.41, 5.74) is 1.47. The van der Waals surface area contributed by atoms with E-state index in [-0.39, 0.29) is 12.5 Å². The van der Waals surface area contributed by atoms with Gasteiger partial charge in [0.2, 0.25) is 5.91 Å². The molecule has 0 atom stereocenters. The van der Waals surface area contributed by atoms with Crippen LogP contribution in [-0.4, -0.2) is 18.5 Å². The first-order valence-corrected chi connectivity index (χ1v) is 7.29. The Kier molecular flexibility index (Phi) is 5.60. The normalized spacial score (nSPS) is 10.0. The minimum absolute atomic E-state index is 0.165. The lowest BCUT2D eigenvalue weighted by Gasteiger charge is -2.09. The fourth-order valence-corrected chi connectivity index (χ4v) is 2.11. The van der Waals surface area contributed by atoms with Gasteiger partial charge >= 0.3 is 5.97 Å². The molecular weight excluding hydrogens is 318 g/mol. The van der Waals surface area contributed by atoms with Crippen molar-refractivity contribution in [3.8, 4) is 11.5 Å². The molecule has 0 saturated carbocycles. The van der Waals surface area contributed by atoms with Gasteiger partial charge in [-0.2, -0.15) is 0 Å². The molecule has 5 nitrogen and oxygen atoms in total. The number of hydrogen-bond acceptors (Lipinski definition) is 4. The number of halogens is 1. The molecule has 1 amide bonds. The van der Waals surface area contributed by atoms with Crippen LogP contribution in [0, 0.1) is 6.92 Å². The number of carbonyl (C=O) groups excluding carboxylic acids is 2. The number of rotatable bonds is 5. The van der Waals surface area contributed by atoms with E-state index in [1.165, 1.54) is 6.92 Å². The lowest BCUT2D eigenvalue weighted by atomic mass is 10.2. The average Bonchev–Trinajstić information content (AvgIpc) is 2.48. The lowest BCUT2D eigenvalue weighted by molar-refractivity contribution is -0.136. The summed E-state index contributed by atoms with van der Waals surface area (Å²) in [6, 6.07) is 11.6. The zero-order valence-corrected chi connectivity index (χ0v) is 13.5. The number of aryl methyl sites for hydroxylation is 1. The minimum atomic E-state index is -0.522. The number of anilines is 1. The number of esters is 1. The predicted octanol–water partition coefficient (Wildman–Crippen LogP) is 3.59. The van der Waals surface area contributed by atoms with Crippen molar-refractivity contribution in [2.24, 2.45) is 0 Å². The Hall–Kier alpha value is -2.53. The largest absolute Gasteiger partial charge is 0.482 e. The molecule has 1 N–H and O–H groups in total. The summed E-state index contributed by atoms with van der Waals surface area (Å²) in [6.45, 7) is 3.05. The Morgan fingerprint density at radius 2 is 1.83 bits per heavy atom. The van der Waals surface area contributed by atoms with Crippen LogP contribution in [0.25, 0.3) is 0 Å². The summed E-state index contributed by atoms with van der Waals surface area (Å²) < 4.78 is 10.6. The molecule has 0 aliphatic rings. The van der Waals surface area contributed by atoms with Crippen molar-refractivity contribution in [2.75, 3.05) is 11.9 Å². The van der Waals surface area contributed by atoms with E-state index in [0.29, 0.717) is 22.2 Å². The van der Waals surface area contributed by atoms with Crippen molar-refractivity contribution in [1.29, 1.82) is 0 Å². The van der Waals surface area contributed by atoms with Gasteiger partial charge in [0.15, 0.2) is 6.61 Å². The third-order valence-electron chi connectivity index (χ3n) is 2.89. The molecule has 0 saturated heterocycles. The number of ether oxygens (including phenoxy) is 2. The van der Waals surface area contributed by atoms with Crippen LogP contribution < -0.4 is 14.8 Å². The van der Waals surface area contributed by atoms with E-state index in [9.17, 15) is 9.59 Å². The monoisotopic (exact) mass is 333 g/mol. The van der Waals surface area contributed by atoms with Crippen molar-refractivity contribution in [3.63, 3.8) is 0 Å². The third kappa shape index (κ3) is 5.30. The number of amides is 1. The van der Waals surface area contributed by atoms with Crippen LogP contribution >= 0.6 is 11.6 Å². The fourth-order valence-electron chi connectivity index (χ4n) is 1.88. The molecule has 2 aromatic rings. The summed E-state index contributed by atoms with van der Waals surface area (Å²) in [5, 5.41) is 3.24. The predicted molar refractivity (Wildman–Crippen MR) is 88.1 cm³/mol. The molecule has 2 aromatic carbocycles. The van der Waals surface area contributed by atoms with Gasteiger partial charge in [0.05, 0.1) is 0 Å². The smallest absolute Gasteiger partial charge is 0.349 e. The maximum absolute atomic E-state index is 11.8. The first kappa shape index (κ1) is 16.8. The van der Waals surface area contributed by atoms with Crippen molar-refractivity contribution in [2.45, 2.75) is 13.8 Å². The van der Waals surface area contributed by atoms with Crippen LogP contribution in [0.4, 0.5) is 5.69 Å². The standard InChI is InChI=1S/C17H16ClNO4/c1-11-9-13(18)3-8-16(11)22-10-17(21)23-15-6-4-14(5-7-15)19-12(2)20/h3-9H,10H2,1-2H3,(H,19,20). The molecular formula is C17H16ClNO4. The molecule has 6 heteroatoms. The first-order chi connectivity index (χ1) is 10.9. The Bertz CT molecular complexity index is 713. The molecule has 0 radical (unpaired) electrons. The van der Waals surface area contributed by atoms with E-state index in [1.54, 1.807) is 42.5 Å². The van der Waals surface area contributed by atoms with Crippen LogP contribution in [0.15, 0.2) is 42.5 Å². The molecule has 0 unspecified atom stereocenters. The van der Waals surface area contributed by atoms with E-state index in [0.717, 1.165) is 5.56 Å². The van der Waals surface area contributed by atoms with Crippen molar-refractivity contribution < 1.29 is 19.1 Å². The van der Waals surface area contributed by atoms with E-state index in [2.05, 4.69) is 5.32 Å². The SMILES string of the molecule is CC(=O)Nc1ccc(OC(=O)COc2ccc(Cl)cc2C)cc1. The van der Waals surface area contributed by atoms with Crippen molar-refractivity contribution in [3.05, 3.63) is 53.1 Å². The molecule has 0 aliphatic heterocycles. The molecule has 2 rings (SSSR count). The fraction of sp³-hybridized carbons (Fsp3) is 0.176. The number of nitrogens with one attached hydrogen (secondary N) is 1. The summed E-state index contributed by atoms with van der Waals surface area (Å²) in [5.74, 6) is 0.265. The highest BCUT2D eigenvalue weighted by Crippen LogP contribution is 2.22. The molecule has 0 fully saturated rings. The van der Waals surface area contributed by atoms with E-state index >= 15 is 0 Å². The molecule has 0 aliphatic carbocycles. The zero-order valence-electron chi connectivity index (χ0n) is 12.8. The van der Waals surface area contributed by atoms with Gasteiger partial charge in [-0.1, -0.05) is 11.6 Å². The number of carbonyl (C=O) groups is 2. The summed E-state index contributed by atoms with van der Waals surface area (Å²) in [4.78, 5) is 22.7. The Labute approximate surface area is 139 Å². The van der Waals surface area contributed by atoms with Crippen molar-refractivity contribution >= 4 is 29.2 Å². The Morgan fingerprint density at radius 3 is 2.43 bits per heavy atom. The molecule has 0 heterocycles. The quantitative estimate of drug-likeness (QED) is 0.671. The van der Waals surface area contributed by atoms with Gasteiger partial charge in [0.1, 0.15) is 11.5 Å². The van der Waals surface area contributed by atoms with Gasteiger partial charge in [-0.25, -0.2) is 4.79 Å². The highest BCUT2D eigenvalue weighted by atomic mass is 35.5. The van der Waals surface area contributed by atoms with E-state index < -0.39 is 5.97 Å². The second-order valence-corrected chi connectivity index (χ2v) is 5.31. The summed E-state index contributed by atoms with van der Waals surface area (Å²) >= 11 is 5.86. The number of benzene rings is 2. The average molecular weight is 334 g/mol. The van der Waals surface area contributed by atoms with Gasteiger partial charge in [0, 0.05) is 17.6 Å². The zero-order chi connectivity index (χ0) is 16.8. The molecule has 23 heavy (non-hydrogen) atoms. The van der Waals surface area contributed by atoms with E-state index in [4.69, 9.17) is 21.1 Å². The Balaban J connectivity index is 1.88. The van der Waals surface area contributed by atoms with Crippen LogP contribution in [0.3, 0.4) is 0 Å². The first-order valence-electron chi connectivity index (χ1n) is 6.91. The topological polar surface area (TPSA) is 64.6 Å². The maximum atomic E-state index is 11.8. The molecule has 0 aromatic heterocycles. The van der Waals surface area contributed by atoms with Gasteiger partial charge in [0.25, 0.3) is 0 Å². The van der Waals surface area contributed by atoms with Crippen LogP contribution in [-0.2, 0) is 9.59 Å². The third-order valence-corrected chi connectivity index (χ3v) is 3.12. The summed E-state index contributed by atoms with van der Waals surface area (Å²) in [6.07, 6.45) is 0. The van der Waals surface area contributed by atoms with Gasteiger partial charge in [-0.05, 0) is 55.0 Å².